The molecule has 0 spiro atoms. The van der Waals surface area contributed by atoms with Gasteiger partial charge in [-0.15, -0.1) is 0 Å². The summed E-state index contributed by atoms with van der Waals surface area (Å²) in [5, 5.41) is 6.23. The highest BCUT2D eigenvalue weighted by Crippen LogP contribution is 2.34. The second-order valence-electron chi connectivity index (χ2n) is 6.54. The lowest BCUT2D eigenvalue weighted by Crippen LogP contribution is -2.34. The van der Waals surface area contributed by atoms with E-state index in [0.29, 0.717) is 18.8 Å². The molecule has 2 aliphatic rings. The first kappa shape index (κ1) is 17.1. The third kappa shape index (κ3) is 3.12. The number of aromatic nitrogens is 2. The second kappa shape index (κ2) is 7.11. The third-order valence-corrected chi connectivity index (χ3v) is 4.81. The smallest absolute Gasteiger partial charge is 0.267 e. The number of pyridine rings is 1. The molecule has 0 radical (unpaired) electrons. The first-order chi connectivity index (χ1) is 13.2. The van der Waals surface area contributed by atoms with Gasteiger partial charge in [-0.25, -0.2) is 4.98 Å². The zero-order valence-corrected chi connectivity index (χ0v) is 15.3. The molecule has 2 aromatic heterocycles. The molecule has 0 fully saturated rings. The van der Waals surface area contributed by atoms with Crippen LogP contribution in [-0.4, -0.2) is 28.5 Å². The number of fused-ring (bicyclic) bond motifs is 2. The number of allylic oxidation sites excluding steroid dienone is 5. The lowest BCUT2D eigenvalue weighted by Gasteiger charge is -2.19. The summed E-state index contributed by atoms with van der Waals surface area (Å²) in [6.45, 7) is 7.98. The Kier molecular flexibility index (Phi) is 4.50. The van der Waals surface area contributed by atoms with Gasteiger partial charge in [0.2, 0.25) is 0 Å². The summed E-state index contributed by atoms with van der Waals surface area (Å²) in [6.07, 6.45) is 13.9. The molecule has 136 valence electrons. The fourth-order valence-corrected chi connectivity index (χ4v) is 3.57. The average molecular weight is 358 g/mol. The number of nitrogens with one attached hydrogen (secondary N) is 2. The zero-order valence-electron chi connectivity index (χ0n) is 15.3. The van der Waals surface area contributed by atoms with Gasteiger partial charge < -0.3 is 15.2 Å². The number of nitrogens with zero attached hydrogens (tertiary/aromatic N) is 2. The first-order valence-corrected chi connectivity index (χ1v) is 9.10. The van der Waals surface area contributed by atoms with E-state index in [1.165, 1.54) is 0 Å². The fourth-order valence-electron chi connectivity index (χ4n) is 3.57. The molecule has 2 aromatic rings. The van der Waals surface area contributed by atoms with Gasteiger partial charge in [-0.1, -0.05) is 37.0 Å². The Balaban J connectivity index is 1.79. The Labute approximate surface area is 158 Å². The van der Waals surface area contributed by atoms with Gasteiger partial charge in [0, 0.05) is 48.7 Å². The Morgan fingerprint density at radius 2 is 2.22 bits per heavy atom. The molecule has 0 saturated heterocycles. The summed E-state index contributed by atoms with van der Waals surface area (Å²) in [7, 11) is 0. The highest BCUT2D eigenvalue weighted by Gasteiger charge is 2.22. The van der Waals surface area contributed by atoms with Crippen LogP contribution in [0.3, 0.4) is 0 Å². The van der Waals surface area contributed by atoms with Crippen molar-refractivity contribution < 1.29 is 4.79 Å². The molecule has 5 heteroatoms. The summed E-state index contributed by atoms with van der Waals surface area (Å²) in [6, 6.07) is 4.11. The van der Waals surface area contributed by atoms with Gasteiger partial charge in [0.05, 0.1) is 0 Å². The predicted molar refractivity (Wildman–Crippen MR) is 110 cm³/mol. The van der Waals surface area contributed by atoms with Crippen molar-refractivity contribution in [3.8, 4) is 0 Å². The van der Waals surface area contributed by atoms with E-state index < -0.39 is 0 Å². The molecule has 5 nitrogen and oxygen atoms in total. The molecule has 0 atom stereocenters. The zero-order chi connectivity index (χ0) is 18.8. The molecule has 0 aliphatic carbocycles. The lowest BCUT2D eigenvalue weighted by atomic mass is 9.95. The maximum absolute atomic E-state index is 12.1. The van der Waals surface area contributed by atoms with Gasteiger partial charge in [0.15, 0.2) is 0 Å². The van der Waals surface area contributed by atoms with Gasteiger partial charge in [-0.05, 0) is 30.2 Å². The summed E-state index contributed by atoms with van der Waals surface area (Å²) in [5.74, 6) is 0.849. The predicted octanol–water partition coefficient (Wildman–Crippen LogP) is 3.63. The lowest BCUT2D eigenvalue weighted by molar-refractivity contribution is 0.0928. The molecule has 2 N–H and O–H groups in total. The normalized spacial score (nSPS) is 16.3. The monoisotopic (exact) mass is 358 g/mol. The standard InChI is InChI=1S/C22H22N4O/c1-3-5-15(6-4-2)16-11-19-18(7-8-23-21(19)25-13-16)17-12-20-22(27)24-9-10-26(20)14-17/h3-7,11-14H,1,8-10H2,2H3,(H,23,25)(H,24,27)/b6-4-,15-5+. The molecular weight excluding hydrogens is 336 g/mol. The SMILES string of the molecule is C=C/C=C(\C=C/C)c1cnc2c(c1)C(c1cc3n(c1)CCNC3=O)=CCN2. The number of rotatable bonds is 4. The van der Waals surface area contributed by atoms with Crippen LogP contribution in [0.2, 0.25) is 0 Å². The van der Waals surface area contributed by atoms with Gasteiger partial charge in [0.25, 0.3) is 5.91 Å². The van der Waals surface area contributed by atoms with E-state index in [4.69, 9.17) is 0 Å². The highest BCUT2D eigenvalue weighted by molar-refractivity contribution is 5.96. The fraction of sp³-hybridized carbons (Fsp3) is 0.182. The molecule has 4 heterocycles. The first-order valence-electron chi connectivity index (χ1n) is 9.10. The molecule has 0 saturated carbocycles. The molecule has 0 unspecified atom stereocenters. The van der Waals surface area contributed by atoms with Crippen molar-refractivity contribution in [3.63, 3.8) is 0 Å². The van der Waals surface area contributed by atoms with Crippen LogP contribution in [0.15, 0.2) is 61.5 Å². The minimum atomic E-state index is -0.0154. The minimum absolute atomic E-state index is 0.0154. The molecule has 27 heavy (non-hydrogen) atoms. The van der Waals surface area contributed by atoms with Crippen molar-refractivity contribution in [1.82, 2.24) is 14.9 Å². The molecule has 4 rings (SSSR count). The van der Waals surface area contributed by atoms with E-state index in [0.717, 1.165) is 40.2 Å². The van der Waals surface area contributed by atoms with E-state index in [1.54, 1.807) is 6.08 Å². The Morgan fingerprint density at radius 3 is 3.00 bits per heavy atom. The van der Waals surface area contributed by atoms with Crippen LogP contribution in [0.1, 0.15) is 34.1 Å². The Hall–Kier alpha value is -3.34. The van der Waals surface area contributed by atoms with Crippen molar-refractivity contribution >= 4 is 22.9 Å². The molecule has 0 aromatic carbocycles. The van der Waals surface area contributed by atoms with E-state index in [-0.39, 0.29) is 5.91 Å². The van der Waals surface area contributed by atoms with E-state index >= 15 is 0 Å². The molecule has 1 amide bonds. The summed E-state index contributed by atoms with van der Waals surface area (Å²) in [4.78, 5) is 16.7. The van der Waals surface area contributed by atoms with Crippen LogP contribution in [0.4, 0.5) is 5.82 Å². The molecule has 2 aliphatic heterocycles. The van der Waals surface area contributed by atoms with E-state index in [9.17, 15) is 4.79 Å². The number of hydrogen-bond acceptors (Lipinski definition) is 3. The van der Waals surface area contributed by atoms with Crippen LogP contribution in [0.5, 0.6) is 0 Å². The average Bonchev–Trinajstić information content (AvgIpc) is 3.12. The quantitative estimate of drug-likeness (QED) is 0.821. The third-order valence-electron chi connectivity index (χ3n) is 4.81. The van der Waals surface area contributed by atoms with Crippen LogP contribution < -0.4 is 10.6 Å². The number of carbonyl (C=O) groups excluding carboxylic acids is 1. The number of amides is 1. The Morgan fingerprint density at radius 1 is 1.33 bits per heavy atom. The largest absolute Gasteiger partial charge is 0.366 e. The Bertz CT molecular complexity index is 1010. The summed E-state index contributed by atoms with van der Waals surface area (Å²) >= 11 is 0. The summed E-state index contributed by atoms with van der Waals surface area (Å²) in [5.41, 5.74) is 5.99. The maximum Gasteiger partial charge on any atom is 0.267 e. The van der Waals surface area contributed by atoms with Crippen LogP contribution >= 0.6 is 0 Å². The van der Waals surface area contributed by atoms with Gasteiger partial charge in [0.1, 0.15) is 11.5 Å². The van der Waals surface area contributed by atoms with Gasteiger partial charge >= 0.3 is 0 Å². The van der Waals surface area contributed by atoms with Crippen molar-refractivity contribution in [3.05, 3.63) is 83.9 Å². The molecule has 0 bridgehead atoms. The van der Waals surface area contributed by atoms with Crippen LogP contribution in [0.25, 0.3) is 11.1 Å². The van der Waals surface area contributed by atoms with Gasteiger partial charge in [-0.2, -0.15) is 0 Å². The maximum atomic E-state index is 12.1. The van der Waals surface area contributed by atoms with Crippen LogP contribution in [-0.2, 0) is 6.54 Å². The van der Waals surface area contributed by atoms with Crippen molar-refractivity contribution in [2.75, 3.05) is 18.4 Å². The second-order valence-corrected chi connectivity index (χ2v) is 6.54. The van der Waals surface area contributed by atoms with E-state index in [2.05, 4.69) is 40.5 Å². The number of hydrogen-bond donors (Lipinski definition) is 2. The molecular formula is C22H22N4O. The van der Waals surface area contributed by atoms with Gasteiger partial charge in [-0.3, -0.25) is 4.79 Å². The minimum Gasteiger partial charge on any atom is -0.366 e. The summed E-state index contributed by atoms with van der Waals surface area (Å²) < 4.78 is 2.02. The topological polar surface area (TPSA) is 59.0 Å². The van der Waals surface area contributed by atoms with Crippen molar-refractivity contribution in [2.24, 2.45) is 0 Å². The van der Waals surface area contributed by atoms with E-state index in [1.807, 2.05) is 42.0 Å². The number of carbonyl (C=O) groups is 1. The van der Waals surface area contributed by atoms with Crippen molar-refractivity contribution in [1.29, 1.82) is 0 Å². The van der Waals surface area contributed by atoms with Crippen LogP contribution in [0, 0.1) is 0 Å². The number of anilines is 1. The van der Waals surface area contributed by atoms with Crippen molar-refractivity contribution in [2.45, 2.75) is 13.5 Å². The highest BCUT2D eigenvalue weighted by atomic mass is 16.2.